The van der Waals surface area contributed by atoms with Gasteiger partial charge in [0.25, 0.3) is 0 Å². The van der Waals surface area contributed by atoms with Gasteiger partial charge in [-0.05, 0) is 0 Å². The van der Waals surface area contributed by atoms with Gasteiger partial charge < -0.3 is 49.6 Å². The number of aliphatic hydroxyl groups excluding tert-OH is 3. The van der Waals surface area contributed by atoms with Gasteiger partial charge in [0, 0.05) is 24.3 Å². The van der Waals surface area contributed by atoms with Crippen LogP contribution in [0, 0.1) is 0 Å². The molecule has 1 aromatic heterocycles. The molecule has 33 heavy (non-hydrogen) atoms. The SMILES string of the molecule is COc1cc(-c2[o+]c3cc(O)cc(O)c3cc2O[C@@H]2O[C@H](CO)[C@@H](O)[C@@H]2O)cc(OC)c1O. The molecule has 0 spiro atoms. The van der Waals surface area contributed by atoms with Crippen molar-refractivity contribution >= 4 is 11.0 Å². The quantitative estimate of drug-likeness (QED) is 0.292. The third-order valence-electron chi connectivity index (χ3n) is 5.30. The van der Waals surface area contributed by atoms with Gasteiger partial charge in [-0.3, -0.25) is 0 Å². The van der Waals surface area contributed by atoms with Crippen LogP contribution in [0.1, 0.15) is 0 Å². The first-order chi connectivity index (χ1) is 15.8. The second kappa shape index (κ2) is 8.79. The number of benzene rings is 2. The van der Waals surface area contributed by atoms with Gasteiger partial charge in [-0.25, -0.2) is 4.42 Å². The number of phenolic OH excluding ortho intramolecular Hbond substituents is 3. The lowest BCUT2D eigenvalue weighted by molar-refractivity contribution is -0.116. The van der Waals surface area contributed by atoms with Gasteiger partial charge in [-0.15, -0.1) is 0 Å². The van der Waals surface area contributed by atoms with Gasteiger partial charge in [0.05, 0.1) is 32.5 Å². The average Bonchev–Trinajstić information content (AvgIpc) is 3.07. The van der Waals surface area contributed by atoms with Crippen LogP contribution in [-0.4, -0.2) is 76.1 Å². The van der Waals surface area contributed by atoms with Crippen molar-refractivity contribution in [3.8, 4) is 45.8 Å². The highest BCUT2D eigenvalue weighted by Gasteiger charge is 2.45. The molecule has 11 nitrogen and oxygen atoms in total. The number of fused-ring (bicyclic) bond motifs is 1. The van der Waals surface area contributed by atoms with E-state index in [0.717, 1.165) is 6.07 Å². The molecule has 6 N–H and O–H groups in total. The summed E-state index contributed by atoms with van der Waals surface area (Å²) in [6, 6.07) is 6.66. The van der Waals surface area contributed by atoms with Gasteiger partial charge in [-0.1, -0.05) is 0 Å². The Balaban J connectivity index is 1.89. The Hall–Kier alpha value is -3.51. The molecule has 2 aromatic carbocycles. The highest BCUT2D eigenvalue weighted by Crippen LogP contribution is 2.45. The molecule has 11 heteroatoms. The first-order valence-electron chi connectivity index (χ1n) is 9.84. The third-order valence-corrected chi connectivity index (χ3v) is 5.30. The van der Waals surface area contributed by atoms with Crippen molar-refractivity contribution in [3.63, 3.8) is 0 Å². The van der Waals surface area contributed by atoms with E-state index in [-0.39, 0.29) is 51.2 Å². The number of phenols is 3. The van der Waals surface area contributed by atoms with E-state index in [1.165, 1.54) is 38.5 Å². The number of aromatic hydroxyl groups is 3. The summed E-state index contributed by atoms with van der Waals surface area (Å²) >= 11 is 0. The molecule has 2 heterocycles. The van der Waals surface area contributed by atoms with Crippen LogP contribution in [0.2, 0.25) is 0 Å². The number of ether oxygens (including phenoxy) is 4. The normalized spacial score (nSPS) is 22.5. The van der Waals surface area contributed by atoms with Crippen molar-refractivity contribution in [1.29, 1.82) is 0 Å². The molecule has 0 saturated carbocycles. The second-order valence-corrected chi connectivity index (χ2v) is 7.37. The summed E-state index contributed by atoms with van der Waals surface area (Å²) in [5.74, 6) is -0.630. The van der Waals surface area contributed by atoms with Crippen molar-refractivity contribution in [3.05, 3.63) is 30.3 Å². The van der Waals surface area contributed by atoms with E-state index in [9.17, 15) is 30.6 Å². The van der Waals surface area contributed by atoms with E-state index in [4.69, 9.17) is 23.4 Å². The zero-order valence-corrected chi connectivity index (χ0v) is 17.6. The van der Waals surface area contributed by atoms with Crippen LogP contribution >= 0.6 is 0 Å². The van der Waals surface area contributed by atoms with Crippen molar-refractivity contribution in [2.75, 3.05) is 20.8 Å². The summed E-state index contributed by atoms with van der Waals surface area (Å²) in [5, 5.41) is 60.2. The van der Waals surface area contributed by atoms with E-state index >= 15 is 0 Å². The first-order valence-corrected chi connectivity index (χ1v) is 9.84. The summed E-state index contributed by atoms with van der Waals surface area (Å²) in [4.78, 5) is 0. The second-order valence-electron chi connectivity index (χ2n) is 7.37. The Bertz CT molecular complexity index is 1150. The highest BCUT2D eigenvalue weighted by atomic mass is 16.7. The fourth-order valence-electron chi connectivity index (χ4n) is 3.59. The van der Waals surface area contributed by atoms with Crippen molar-refractivity contribution in [2.24, 2.45) is 0 Å². The largest absolute Gasteiger partial charge is 0.507 e. The maximum atomic E-state index is 10.3. The smallest absolute Gasteiger partial charge is 0.402 e. The molecule has 1 aliphatic heterocycles. The molecule has 0 radical (unpaired) electrons. The van der Waals surface area contributed by atoms with E-state index in [1.54, 1.807) is 0 Å². The third kappa shape index (κ3) is 4.02. The molecule has 176 valence electrons. The average molecular weight is 463 g/mol. The van der Waals surface area contributed by atoms with Gasteiger partial charge in [-0.2, -0.15) is 0 Å². The summed E-state index contributed by atoms with van der Waals surface area (Å²) in [6.45, 7) is -0.542. The maximum absolute atomic E-state index is 10.3. The Morgan fingerprint density at radius 3 is 2.15 bits per heavy atom. The lowest BCUT2D eigenvalue weighted by atomic mass is 10.1. The summed E-state index contributed by atoms with van der Waals surface area (Å²) in [5.41, 5.74) is 0.412. The zero-order chi connectivity index (χ0) is 23.9. The van der Waals surface area contributed by atoms with Crippen LogP contribution in [0.3, 0.4) is 0 Å². The number of hydrogen-bond donors (Lipinski definition) is 6. The van der Waals surface area contributed by atoms with Crippen LogP contribution in [0.15, 0.2) is 34.7 Å². The number of aliphatic hydroxyl groups is 3. The molecule has 0 amide bonds. The van der Waals surface area contributed by atoms with Gasteiger partial charge in [0.2, 0.25) is 17.8 Å². The minimum absolute atomic E-state index is 0.0203. The molecule has 0 unspecified atom stereocenters. The van der Waals surface area contributed by atoms with Crippen LogP contribution in [0.4, 0.5) is 0 Å². The van der Waals surface area contributed by atoms with Crippen molar-refractivity contribution in [2.45, 2.75) is 24.6 Å². The molecule has 3 aromatic rings. The Morgan fingerprint density at radius 1 is 0.909 bits per heavy atom. The monoisotopic (exact) mass is 463 g/mol. The maximum Gasteiger partial charge on any atom is 0.402 e. The molecular weight excluding hydrogens is 440 g/mol. The number of methoxy groups -OCH3 is 2. The van der Waals surface area contributed by atoms with Crippen LogP contribution in [-0.2, 0) is 4.74 Å². The molecule has 0 bridgehead atoms. The Morgan fingerprint density at radius 2 is 1.58 bits per heavy atom. The van der Waals surface area contributed by atoms with E-state index < -0.39 is 31.2 Å². The first kappa shape index (κ1) is 22.7. The van der Waals surface area contributed by atoms with Crippen molar-refractivity contribution < 1.29 is 54.0 Å². The minimum Gasteiger partial charge on any atom is -0.507 e. The fourth-order valence-corrected chi connectivity index (χ4v) is 3.59. The van der Waals surface area contributed by atoms with E-state index in [0.29, 0.717) is 5.56 Å². The highest BCUT2D eigenvalue weighted by molar-refractivity contribution is 5.88. The summed E-state index contributed by atoms with van der Waals surface area (Å²) in [7, 11) is 2.70. The molecular formula is C22H23O11+. The lowest BCUT2D eigenvalue weighted by Gasteiger charge is -2.16. The van der Waals surface area contributed by atoms with Gasteiger partial charge in [0.1, 0.15) is 35.2 Å². The fraction of sp³-hybridized carbons (Fsp3) is 0.318. The molecule has 0 aliphatic carbocycles. The van der Waals surface area contributed by atoms with Gasteiger partial charge in [0.15, 0.2) is 11.5 Å². The van der Waals surface area contributed by atoms with Crippen LogP contribution < -0.4 is 14.2 Å². The summed E-state index contributed by atoms with van der Waals surface area (Å²) in [6.07, 6.45) is -5.31. The van der Waals surface area contributed by atoms with E-state index in [1.807, 2.05) is 0 Å². The van der Waals surface area contributed by atoms with Crippen LogP contribution in [0.25, 0.3) is 22.3 Å². The lowest BCUT2D eigenvalue weighted by Crippen LogP contribution is -2.35. The Kier molecular flexibility index (Phi) is 6.04. The predicted octanol–water partition coefficient (Wildman–Crippen LogP) is 1.33. The van der Waals surface area contributed by atoms with Crippen LogP contribution in [0.5, 0.6) is 34.5 Å². The number of hydrogen-bond acceptors (Lipinski definition) is 10. The zero-order valence-electron chi connectivity index (χ0n) is 17.6. The van der Waals surface area contributed by atoms with E-state index in [2.05, 4.69) is 0 Å². The predicted molar refractivity (Wildman–Crippen MR) is 113 cm³/mol. The summed E-state index contributed by atoms with van der Waals surface area (Å²) < 4.78 is 27.5. The molecule has 4 atom stereocenters. The minimum atomic E-state index is -1.48. The standard InChI is InChI=1S/C22H22O11/c1-29-14-3-9(4-15(30-2)18(14)26)21-16(32-22-20(28)19(27)17(8-23)33-22)7-11-12(25)5-10(24)6-13(11)31-21/h3-7,17,19-20,22-23,27-28H,8H2,1-2H3,(H2-,24,25,26)/p+1/t17-,19-,20+,22-/m1/s1. The number of rotatable bonds is 6. The molecule has 1 saturated heterocycles. The molecule has 4 rings (SSSR count). The molecule has 1 fully saturated rings. The molecule has 1 aliphatic rings. The topological polar surface area (TPSA) is 170 Å². The van der Waals surface area contributed by atoms with Crippen molar-refractivity contribution in [1.82, 2.24) is 0 Å². The Labute approximate surface area is 187 Å². The van der Waals surface area contributed by atoms with Gasteiger partial charge >= 0.3 is 11.3 Å².